The summed E-state index contributed by atoms with van der Waals surface area (Å²) in [5.74, 6) is -0.860. The number of carbonyl (C=O) groups excluding carboxylic acids is 2. The van der Waals surface area contributed by atoms with Gasteiger partial charge in [0.25, 0.3) is 7.82 Å². The van der Waals surface area contributed by atoms with E-state index < -0.39 is 32.5 Å². The molecule has 0 amide bonds. The number of rotatable bonds is 39. The third kappa shape index (κ3) is 40.0. The minimum atomic E-state index is -4.62. The van der Waals surface area contributed by atoms with Crippen molar-refractivity contribution in [3.63, 3.8) is 0 Å². The second-order valence-electron chi connectivity index (χ2n) is 15.7. The van der Waals surface area contributed by atoms with Crippen LogP contribution in [0.15, 0.2) is 24.3 Å². The molecule has 0 fully saturated rings. The Kier molecular flexibility index (Phi) is 35.1. The molecule has 0 saturated heterocycles. The van der Waals surface area contributed by atoms with Crippen LogP contribution in [0.25, 0.3) is 0 Å². The van der Waals surface area contributed by atoms with E-state index in [0.29, 0.717) is 23.9 Å². The first-order valence-electron chi connectivity index (χ1n) is 21.5. The fourth-order valence-electron chi connectivity index (χ4n) is 5.76. The number of hydrogen-bond acceptors (Lipinski definition) is 8. The summed E-state index contributed by atoms with van der Waals surface area (Å²) in [6.07, 6.45) is 37.7. The summed E-state index contributed by atoms with van der Waals surface area (Å²) in [4.78, 5) is 37.4. The minimum Gasteiger partial charge on any atom is -0.756 e. The Labute approximate surface area is 326 Å². The van der Waals surface area contributed by atoms with Crippen LogP contribution in [0, 0.1) is 0 Å². The second kappa shape index (κ2) is 36.1. The van der Waals surface area contributed by atoms with Gasteiger partial charge in [-0.1, -0.05) is 134 Å². The monoisotopic (exact) mass is 772 g/mol. The van der Waals surface area contributed by atoms with Crippen molar-refractivity contribution in [2.75, 3.05) is 47.5 Å². The quantitative estimate of drug-likeness (QED) is 0.0200. The molecule has 0 aliphatic carbocycles. The fraction of sp³-hybridized carbons (Fsp3) is 0.860. The van der Waals surface area contributed by atoms with Crippen molar-refractivity contribution < 1.29 is 42.1 Å². The highest BCUT2D eigenvalue weighted by Crippen LogP contribution is 2.38. The molecular weight excluding hydrogens is 689 g/mol. The van der Waals surface area contributed by atoms with Crippen molar-refractivity contribution >= 4 is 19.8 Å². The number of likely N-dealkylation sites (N-methyl/N-ethyl adjacent to an activating group) is 1. The van der Waals surface area contributed by atoms with Gasteiger partial charge in [0.15, 0.2) is 6.10 Å². The topological polar surface area (TPSA) is 111 Å². The molecule has 0 aromatic heterocycles. The third-order valence-electron chi connectivity index (χ3n) is 9.19. The summed E-state index contributed by atoms with van der Waals surface area (Å²) >= 11 is 0. The molecule has 0 N–H and O–H groups in total. The Morgan fingerprint density at radius 1 is 0.566 bits per heavy atom. The van der Waals surface area contributed by atoms with E-state index in [2.05, 4.69) is 38.2 Å². The smallest absolute Gasteiger partial charge is 0.306 e. The van der Waals surface area contributed by atoms with E-state index in [9.17, 15) is 19.0 Å². The van der Waals surface area contributed by atoms with Gasteiger partial charge in [-0.25, -0.2) is 0 Å². The summed E-state index contributed by atoms with van der Waals surface area (Å²) in [6.45, 7) is 4.19. The lowest BCUT2D eigenvalue weighted by atomic mass is 10.1. The van der Waals surface area contributed by atoms with E-state index in [1.807, 2.05) is 21.1 Å². The van der Waals surface area contributed by atoms with Crippen LogP contribution < -0.4 is 4.89 Å². The molecule has 312 valence electrons. The van der Waals surface area contributed by atoms with Crippen LogP contribution in [0.3, 0.4) is 0 Å². The fourth-order valence-corrected chi connectivity index (χ4v) is 6.49. The summed E-state index contributed by atoms with van der Waals surface area (Å²) < 4.78 is 33.8. The number of ether oxygens (including phenoxy) is 2. The predicted molar refractivity (Wildman–Crippen MR) is 218 cm³/mol. The van der Waals surface area contributed by atoms with Crippen molar-refractivity contribution in [2.45, 2.75) is 193 Å². The highest BCUT2D eigenvalue weighted by molar-refractivity contribution is 7.45. The molecule has 10 heteroatoms. The number of phosphoric ester groups is 1. The molecule has 0 heterocycles. The van der Waals surface area contributed by atoms with Crippen LogP contribution in [-0.4, -0.2) is 70.0 Å². The molecule has 9 nitrogen and oxygen atoms in total. The second-order valence-corrected chi connectivity index (χ2v) is 17.1. The lowest BCUT2D eigenvalue weighted by Crippen LogP contribution is -2.37. The predicted octanol–water partition coefficient (Wildman–Crippen LogP) is 11.3. The average molecular weight is 772 g/mol. The summed E-state index contributed by atoms with van der Waals surface area (Å²) in [5.41, 5.74) is 0. The van der Waals surface area contributed by atoms with Crippen LogP contribution in [0.4, 0.5) is 0 Å². The number of allylic oxidation sites excluding steroid dienone is 4. The van der Waals surface area contributed by atoms with Gasteiger partial charge in [0.1, 0.15) is 19.8 Å². The zero-order valence-electron chi connectivity index (χ0n) is 35.0. The first-order chi connectivity index (χ1) is 25.5. The van der Waals surface area contributed by atoms with Gasteiger partial charge in [0.05, 0.1) is 27.7 Å². The number of phosphoric acid groups is 1. The van der Waals surface area contributed by atoms with E-state index in [1.165, 1.54) is 89.9 Å². The highest BCUT2D eigenvalue weighted by atomic mass is 31.2. The molecule has 0 aliphatic heterocycles. The van der Waals surface area contributed by atoms with E-state index in [-0.39, 0.29) is 26.1 Å². The van der Waals surface area contributed by atoms with Crippen molar-refractivity contribution in [3.05, 3.63) is 24.3 Å². The van der Waals surface area contributed by atoms with Gasteiger partial charge in [-0.15, -0.1) is 0 Å². The zero-order valence-corrected chi connectivity index (χ0v) is 35.9. The Morgan fingerprint density at radius 2 is 0.962 bits per heavy atom. The van der Waals surface area contributed by atoms with E-state index >= 15 is 0 Å². The summed E-state index contributed by atoms with van der Waals surface area (Å²) in [5, 5.41) is 0. The Balaban J connectivity index is 4.40. The lowest BCUT2D eigenvalue weighted by molar-refractivity contribution is -0.870. The molecule has 0 aromatic rings. The average Bonchev–Trinajstić information content (AvgIpc) is 3.10. The maximum atomic E-state index is 12.6. The molecule has 0 bridgehead atoms. The maximum Gasteiger partial charge on any atom is 0.306 e. The molecule has 0 saturated carbocycles. The van der Waals surface area contributed by atoms with Crippen molar-refractivity contribution in [2.24, 2.45) is 0 Å². The summed E-state index contributed by atoms with van der Waals surface area (Å²) in [6, 6.07) is 0. The molecule has 0 spiro atoms. The number of hydrogen-bond donors (Lipinski definition) is 0. The van der Waals surface area contributed by atoms with E-state index in [1.54, 1.807) is 0 Å². The minimum absolute atomic E-state index is 0.0336. The number of esters is 2. The number of nitrogens with zero attached hydrogens (tertiary/aromatic N) is 1. The van der Waals surface area contributed by atoms with Crippen molar-refractivity contribution in [3.8, 4) is 0 Å². The van der Waals surface area contributed by atoms with Gasteiger partial charge in [-0.3, -0.25) is 14.2 Å². The van der Waals surface area contributed by atoms with Crippen LogP contribution in [-0.2, 0) is 32.7 Å². The summed E-state index contributed by atoms with van der Waals surface area (Å²) in [7, 11) is 1.15. The zero-order chi connectivity index (χ0) is 39.3. The van der Waals surface area contributed by atoms with Crippen molar-refractivity contribution in [1.82, 2.24) is 0 Å². The number of unbranched alkanes of at least 4 members (excludes halogenated alkanes) is 21. The number of quaternary nitrogens is 1. The van der Waals surface area contributed by atoms with Crippen molar-refractivity contribution in [1.29, 1.82) is 0 Å². The van der Waals surface area contributed by atoms with Gasteiger partial charge in [0, 0.05) is 12.8 Å². The van der Waals surface area contributed by atoms with E-state index in [4.69, 9.17) is 18.5 Å². The molecule has 0 rings (SSSR count). The Hall–Kier alpha value is -1.51. The first kappa shape index (κ1) is 51.5. The molecule has 53 heavy (non-hydrogen) atoms. The third-order valence-corrected chi connectivity index (χ3v) is 10.2. The molecule has 2 atom stereocenters. The molecule has 1 unspecified atom stereocenters. The normalized spacial score (nSPS) is 13.8. The van der Waals surface area contributed by atoms with Gasteiger partial charge < -0.3 is 27.9 Å². The van der Waals surface area contributed by atoms with Crippen LogP contribution >= 0.6 is 7.82 Å². The molecule has 0 aliphatic rings. The molecular formula is C43H82NO8P. The standard InChI is InChI=1S/C43H82NO8P/c1-6-8-10-12-14-16-18-20-22-24-25-27-29-31-33-35-42(45)49-39-41(40-51-53(47,48)50-38-37-44(3,4)5)52-43(46)36-34-32-30-28-26-23-21-19-17-15-13-11-9-7-2/h19,21,24-25,41H,6-18,20,22-23,26-40H2,1-5H3/b21-19+,25-24+/t41-/m1/s1. The molecule has 0 aromatic carbocycles. The van der Waals surface area contributed by atoms with Gasteiger partial charge in [-0.2, -0.15) is 0 Å². The largest absolute Gasteiger partial charge is 0.756 e. The van der Waals surface area contributed by atoms with Gasteiger partial charge in [-0.05, 0) is 64.2 Å². The van der Waals surface area contributed by atoms with Gasteiger partial charge >= 0.3 is 11.9 Å². The van der Waals surface area contributed by atoms with Crippen LogP contribution in [0.1, 0.15) is 187 Å². The van der Waals surface area contributed by atoms with Crippen LogP contribution in [0.2, 0.25) is 0 Å². The molecule has 0 radical (unpaired) electrons. The lowest BCUT2D eigenvalue weighted by Gasteiger charge is -2.28. The Morgan fingerprint density at radius 3 is 1.42 bits per heavy atom. The number of carbonyl (C=O) groups is 2. The van der Waals surface area contributed by atoms with Crippen LogP contribution in [0.5, 0.6) is 0 Å². The Bertz CT molecular complexity index is 964. The first-order valence-corrected chi connectivity index (χ1v) is 23.0. The maximum absolute atomic E-state index is 12.6. The van der Waals surface area contributed by atoms with E-state index in [0.717, 1.165) is 57.8 Å². The SMILES string of the molecule is CCCCCCC/C=C/CCCCCCCC(=O)O[C@H](COC(=O)CCCCC/C=C/CCCCCCCCCC)COP(=O)([O-])OCC[N+](C)(C)C. The highest BCUT2D eigenvalue weighted by Gasteiger charge is 2.21. The van der Waals surface area contributed by atoms with Gasteiger partial charge in [0.2, 0.25) is 0 Å².